The number of carbonyl (C=O) groups is 1. The number of hydrogen-bond acceptors (Lipinski definition) is 3. The smallest absolute Gasteiger partial charge is 0.236 e. The summed E-state index contributed by atoms with van der Waals surface area (Å²) in [7, 11) is 0. The van der Waals surface area contributed by atoms with Crippen molar-refractivity contribution in [2.24, 2.45) is 0 Å². The van der Waals surface area contributed by atoms with Gasteiger partial charge in [-0.3, -0.25) is 4.79 Å². The maximum Gasteiger partial charge on any atom is 0.236 e. The Kier molecular flexibility index (Phi) is 5.83. The van der Waals surface area contributed by atoms with Gasteiger partial charge in [0.1, 0.15) is 0 Å². The van der Waals surface area contributed by atoms with Crippen LogP contribution in [-0.4, -0.2) is 55.0 Å². The summed E-state index contributed by atoms with van der Waals surface area (Å²) < 4.78 is 0. The first-order chi connectivity index (χ1) is 9.69. The van der Waals surface area contributed by atoms with Crippen molar-refractivity contribution in [2.45, 2.75) is 13.5 Å². The van der Waals surface area contributed by atoms with E-state index < -0.39 is 0 Å². The molecule has 0 aliphatic carbocycles. The zero-order valence-corrected chi connectivity index (χ0v) is 12.7. The second kappa shape index (κ2) is 7.62. The molecule has 110 valence electrons. The van der Waals surface area contributed by atoms with E-state index in [2.05, 4.69) is 17.1 Å². The lowest BCUT2D eigenvalue weighted by molar-refractivity contribution is -0.131. The minimum absolute atomic E-state index is 0.190. The highest BCUT2D eigenvalue weighted by atomic mass is 35.5. The molecule has 1 aliphatic rings. The largest absolute Gasteiger partial charge is 0.339 e. The minimum atomic E-state index is 0.190. The summed E-state index contributed by atoms with van der Waals surface area (Å²) in [5, 5.41) is 3.93. The molecule has 0 radical (unpaired) electrons. The number of rotatable bonds is 5. The Balaban J connectivity index is 1.69. The number of nitrogens with zero attached hydrogens (tertiary/aromatic N) is 2. The number of likely N-dealkylation sites (N-methyl/N-ethyl adjacent to an activating group) is 1. The number of benzene rings is 1. The molecule has 20 heavy (non-hydrogen) atoms. The zero-order valence-electron chi connectivity index (χ0n) is 11.9. The molecule has 0 spiro atoms. The predicted octanol–water partition coefficient (Wildman–Crippen LogP) is 1.59. The van der Waals surface area contributed by atoms with Gasteiger partial charge in [-0.15, -0.1) is 0 Å². The zero-order chi connectivity index (χ0) is 14.4. The number of amides is 1. The molecule has 5 heteroatoms. The van der Waals surface area contributed by atoms with Crippen LogP contribution in [0.1, 0.15) is 12.5 Å². The van der Waals surface area contributed by atoms with Crippen molar-refractivity contribution >= 4 is 17.5 Å². The molecule has 1 amide bonds. The van der Waals surface area contributed by atoms with Gasteiger partial charge in [-0.05, 0) is 24.2 Å². The molecule has 1 saturated heterocycles. The third kappa shape index (κ3) is 4.47. The van der Waals surface area contributed by atoms with Crippen molar-refractivity contribution in [2.75, 3.05) is 39.3 Å². The van der Waals surface area contributed by atoms with Gasteiger partial charge in [0.05, 0.1) is 6.54 Å². The van der Waals surface area contributed by atoms with E-state index >= 15 is 0 Å². The Bertz CT molecular complexity index is 427. The lowest BCUT2D eigenvalue weighted by Crippen LogP contribution is -2.50. The average Bonchev–Trinajstić information content (AvgIpc) is 2.49. The fourth-order valence-corrected chi connectivity index (χ4v) is 2.47. The normalized spacial score (nSPS) is 16.4. The fraction of sp³-hybridized carbons (Fsp3) is 0.533. The monoisotopic (exact) mass is 295 g/mol. The fourth-order valence-electron chi connectivity index (χ4n) is 2.34. The molecule has 1 aromatic rings. The number of carbonyl (C=O) groups excluding carboxylic acids is 1. The Hall–Kier alpha value is -1.10. The van der Waals surface area contributed by atoms with E-state index in [0.29, 0.717) is 13.1 Å². The van der Waals surface area contributed by atoms with Crippen LogP contribution in [0.25, 0.3) is 0 Å². The standard InChI is InChI=1S/C15H22ClN3O/c1-2-18-7-9-19(10-8-18)15(20)12-17-11-13-3-5-14(16)6-4-13/h3-6,17H,2,7-12H2,1H3. The summed E-state index contributed by atoms with van der Waals surface area (Å²) in [5.41, 5.74) is 1.14. The molecule has 4 nitrogen and oxygen atoms in total. The van der Waals surface area contributed by atoms with Crippen molar-refractivity contribution < 1.29 is 4.79 Å². The van der Waals surface area contributed by atoms with Gasteiger partial charge in [-0.25, -0.2) is 0 Å². The maximum absolute atomic E-state index is 12.1. The third-order valence-electron chi connectivity index (χ3n) is 3.69. The second-order valence-electron chi connectivity index (χ2n) is 5.05. The van der Waals surface area contributed by atoms with Crippen LogP contribution < -0.4 is 5.32 Å². The number of hydrogen-bond donors (Lipinski definition) is 1. The molecule has 1 fully saturated rings. The Labute approximate surface area is 125 Å². The van der Waals surface area contributed by atoms with Gasteiger partial charge in [0.2, 0.25) is 5.91 Å². The van der Waals surface area contributed by atoms with E-state index in [9.17, 15) is 4.79 Å². The summed E-state index contributed by atoms with van der Waals surface area (Å²) in [6.07, 6.45) is 0. The number of halogens is 1. The molecule has 2 rings (SSSR count). The van der Waals surface area contributed by atoms with Gasteiger partial charge in [0.15, 0.2) is 0 Å². The van der Waals surface area contributed by atoms with Crippen molar-refractivity contribution in [1.29, 1.82) is 0 Å². The van der Waals surface area contributed by atoms with E-state index in [4.69, 9.17) is 11.6 Å². The van der Waals surface area contributed by atoms with Crippen LogP contribution in [0.3, 0.4) is 0 Å². The number of piperazine rings is 1. The molecule has 1 aromatic carbocycles. The van der Waals surface area contributed by atoms with E-state index in [1.165, 1.54) is 0 Å². The van der Waals surface area contributed by atoms with Crippen LogP contribution >= 0.6 is 11.6 Å². The first kappa shape index (κ1) is 15.3. The van der Waals surface area contributed by atoms with Gasteiger partial charge < -0.3 is 15.1 Å². The lowest BCUT2D eigenvalue weighted by atomic mass is 10.2. The van der Waals surface area contributed by atoms with Crippen molar-refractivity contribution in [1.82, 2.24) is 15.1 Å². The van der Waals surface area contributed by atoms with Crippen LogP contribution in [0, 0.1) is 0 Å². The third-order valence-corrected chi connectivity index (χ3v) is 3.94. The SMILES string of the molecule is CCN1CCN(C(=O)CNCc2ccc(Cl)cc2)CC1. The van der Waals surface area contributed by atoms with Gasteiger partial charge in [0, 0.05) is 37.7 Å². The van der Waals surface area contributed by atoms with Crippen molar-refractivity contribution in [3.05, 3.63) is 34.9 Å². The molecule has 0 bridgehead atoms. The topological polar surface area (TPSA) is 35.6 Å². The van der Waals surface area contributed by atoms with Gasteiger partial charge in [-0.1, -0.05) is 30.7 Å². The molecular formula is C15H22ClN3O. The van der Waals surface area contributed by atoms with Crippen molar-refractivity contribution in [3.63, 3.8) is 0 Å². The number of nitrogens with one attached hydrogen (secondary N) is 1. The second-order valence-corrected chi connectivity index (χ2v) is 5.48. The first-order valence-corrected chi connectivity index (χ1v) is 7.52. The van der Waals surface area contributed by atoms with E-state index in [0.717, 1.165) is 43.3 Å². The Morgan fingerprint density at radius 3 is 2.45 bits per heavy atom. The lowest BCUT2D eigenvalue weighted by Gasteiger charge is -2.34. The van der Waals surface area contributed by atoms with Crippen LogP contribution in [0.5, 0.6) is 0 Å². The summed E-state index contributed by atoms with van der Waals surface area (Å²) in [5.74, 6) is 0.190. The maximum atomic E-state index is 12.1. The van der Waals surface area contributed by atoms with Crippen LogP contribution in [-0.2, 0) is 11.3 Å². The van der Waals surface area contributed by atoms with E-state index in [1.54, 1.807) is 0 Å². The molecule has 0 atom stereocenters. The quantitative estimate of drug-likeness (QED) is 0.896. The molecule has 1 aliphatic heterocycles. The summed E-state index contributed by atoms with van der Waals surface area (Å²) in [6.45, 7) is 7.97. The molecular weight excluding hydrogens is 274 g/mol. The Morgan fingerprint density at radius 2 is 1.85 bits per heavy atom. The highest BCUT2D eigenvalue weighted by Crippen LogP contribution is 2.09. The minimum Gasteiger partial charge on any atom is -0.339 e. The van der Waals surface area contributed by atoms with Crippen LogP contribution in [0.4, 0.5) is 0 Å². The molecule has 0 saturated carbocycles. The Morgan fingerprint density at radius 1 is 1.20 bits per heavy atom. The van der Waals surface area contributed by atoms with E-state index in [1.807, 2.05) is 29.2 Å². The molecule has 1 heterocycles. The highest BCUT2D eigenvalue weighted by Gasteiger charge is 2.19. The molecule has 0 aromatic heterocycles. The summed E-state index contributed by atoms with van der Waals surface area (Å²) in [4.78, 5) is 16.4. The van der Waals surface area contributed by atoms with Crippen LogP contribution in [0.15, 0.2) is 24.3 Å². The van der Waals surface area contributed by atoms with Gasteiger partial charge >= 0.3 is 0 Å². The van der Waals surface area contributed by atoms with Crippen molar-refractivity contribution in [3.8, 4) is 0 Å². The average molecular weight is 296 g/mol. The molecule has 1 N–H and O–H groups in total. The van der Waals surface area contributed by atoms with E-state index in [-0.39, 0.29) is 5.91 Å². The van der Waals surface area contributed by atoms with Gasteiger partial charge in [-0.2, -0.15) is 0 Å². The predicted molar refractivity (Wildman–Crippen MR) is 81.9 cm³/mol. The highest BCUT2D eigenvalue weighted by molar-refractivity contribution is 6.30. The molecule has 0 unspecified atom stereocenters. The van der Waals surface area contributed by atoms with Crippen LogP contribution in [0.2, 0.25) is 5.02 Å². The van der Waals surface area contributed by atoms with Gasteiger partial charge in [0.25, 0.3) is 0 Å². The summed E-state index contributed by atoms with van der Waals surface area (Å²) in [6, 6.07) is 7.67. The first-order valence-electron chi connectivity index (χ1n) is 7.14. The summed E-state index contributed by atoms with van der Waals surface area (Å²) >= 11 is 5.84.